The largest absolute Gasteiger partial charge is 0.376 e. The third-order valence-electron chi connectivity index (χ3n) is 3.60. The monoisotopic (exact) mass is 281 g/mol. The molecule has 2 aromatic heterocycles. The maximum atomic E-state index is 4.44. The number of benzene rings is 1. The molecule has 0 saturated heterocycles. The summed E-state index contributed by atoms with van der Waals surface area (Å²) in [5, 5.41) is 10.6. The molecule has 2 N–H and O–H groups in total. The van der Waals surface area contributed by atoms with Gasteiger partial charge >= 0.3 is 0 Å². The van der Waals surface area contributed by atoms with Gasteiger partial charge in [-0.05, 0) is 32.9 Å². The Bertz CT molecular complexity index is 720. The number of hydrogen-bond acceptors (Lipinski definition) is 3. The zero-order valence-electron chi connectivity index (χ0n) is 12.5. The second-order valence-corrected chi connectivity index (χ2v) is 5.13. The van der Waals surface area contributed by atoms with Crippen molar-refractivity contribution < 1.29 is 0 Å². The Kier molecular flexibility index (Phi) is 3.48. The molecule has 0 spiro atoms. The van der Waals surface area contributed by atoms with E-state index in [0.29, 0.717) is 6.54 Å². The van der Waals surface area contributed by atoms with Crippen molar-refractivity contribution in [2.75, 3.05) is 5.32 Å². The second-order valence-electron chi connectivity index (χ2n) is 5.13. The van der Waals surface area contributed by atoms with Gasteiger partial charge in [-0.2, -0.15) is 5.10 Å². The fraction of sp³-hybridized carbons (Fsp3) is 0.250. The summed E-state index contributed by atoms with van der Waals surface area (Å²) in [5.74, 6) is 0.985. The van der Waals surface area contributed by atoms with Gasteiger partial charge in [-0.1, -0.05) is 18.2 Å². The molecule has 3 aromatic rings. The van der Waals surface area contributed by atoms with Crippen LogP contribution >= 0.6 is 0 Å². The van der Waals surface area contributed by atoms with E-state index in [2.05, 4.69) is 37.2 Å². The standard InChI is InChI=1S/C16H19N5/c1-11-16(12(2)20-19-11)18-10-15-9-17-13(3)21(15)14-7-5-4-6-8-14/h4-9,18H,10H2,1-3H3,(H,19,20). The van der Waals surface area contributed by atoms with Crippen LogP contribution in [0.1, 0.15) is 22.9 Å². The summed E-state index contributed by atoms with van der Waals surface area (Å²) in [6.45, 7) is 6.73. The van der Waals surface area contributed by atoms with Gasteiger partial charge in [0.15, 0.2) is 0 Å². The van der Waals surface area contributed by atoms with Crippen LogP contribution in [-0.4, -0.2) is 19.7 Å². The minimum Gasteiger partial charge on any atom is -0.376 e. The van der Waals surface area contributed by atoms with Crippen LogP contribution in [0.25, 0.3) is 5.69 Å². The van der Waals surface area contributed by atoms with Crippen molar-refractivity contribution in [3.63, 3.8) is 0 Å². The number of hydrogen-bond donors (Lipinski definition) is 2. The van der Waals surface area contributed by atoms with Crippen LogP contribution in [0.15, 0.2) is 36.5 Å². The zero-order valence-corrected chi connectivity index (χ0v) is 12.5. The average Bonchev–Trinajstić information content (AvgIpc) is 3.01. The van der Waals surface area contributed by atoms with Crippen LogP contribution in [0.4, 0.5) is 5.69 Å². The van der Waals surface area contributed by atoms with Gasteiger partial charge in [0.2, 0.25) is 0 Å². The predicted molar refractivity (Wildman–Crippen MR) is 83.7 cm³/mol. The number of aryl methyl sites for hydroxylation is 3. The van der Waals surface area contributed by atoms with Gasteiger partial charge < -0.3 is 5.32 Å². The van der Waals surface area contributed by atoms with Crippen molar-refractivity contribution in [3.8, 4) is 5.69 Å². The van der Waals surface area contributed by atoms with Gasteiger partial charge in [-0.25, -0.2) is 4.98 Å². The Balaban J connectivity index is 1.88. The van der Waals surface area contributed by atoms with Crippen molar-refractivity contribution in [2.24, 2.45) is 0 Å². The summed E-state index contributed by atoms with van der Waals surface area (Å²) < 4.78 is 2.16. The third-order valence-corrected chi connectivity index (χ3v) is 3.60. The van der Waals surface area contributed by atoms with Crippen LogP contribution in [0.3, 0.4) is 0 Å². The minimum atomic E-state index is 0.705. The number of anilines is 1. The molecule has 1 aromatic carbocycles. The van der Waals surface area contributed by atoms with Crippen LogP contribution in [0.2, 0.25) is 0 Å². The average molecular weight is 281 g/mol. The van der Waals surface area contributed by atoms with E-state index >= 15 is 0 Å². The van der Waals surface area contributed by atoms with Crippen molar-refractivity contribution in [3.05, 3.63) is 59.4 Å². The summed E-state index contributed by atoms with van der Waals surface area (Å²) in [6, 6.07) is 10.3. The quantitative estimate of drug-likeness (QED) is 0.772. The molecule has 0 unspecified atom stereocenters. The Morgan fingerprint density at radius 1 is 1.14 bits per heavy atom. The highest BCUT2D eigenvalue weighted by molar-refractivity contribution is 5.51. The smallest absolute Gasteiger partial charge is 0.110 e. The molecule has 0 radical (unpaired) electrons. The number of imidazole rings is 1. The molecule has 0 aliphatic carbocycles. The molecule has 0 aliphatic rings. The van der Waals surface area contributed by atoms with E-state index in [-0.39, 0.29) is 0 Å². The molecule has 0 amide bonds. The Hall–Kier alpha value is -2.56. The van der Waals surface area contributed by atoms with Gasteiger partial charge in [0.05, 0.1) is 35.5 Å². The van der Waals surface area contributed by atoms with Gasteiger partial charge in [0.25, 0.3) is 0 Å². The SMILES string of the molecule is Cc1n[nH]c(C)c1NCc1cnc(C)n1-c1ccccc1. The first-order chi connectivity index (χ1) is 10.2. The topological polar surface area (TPSA) is 58.5 Å². The number of aromatic nitrogens is 4. The molecule has 5 nitrogen and oxygen atoms in total. The molecule has 2 heterocycles. The Labute approximate surface area is 124 Å². The van der Waals surface area contributed by atoms with Crippen molar-refractivity contribution in [1.29, 1.82) is 0 Å². The van der Waals surface area contributed by atoms with Crippen LogP contribution in [0.5, 0.6) is 0 Å². The fourth-order valence-electron chi connectivity index (χ4n) is 2.54. The summed E-state index contributed by atoms with van der Waals surface area (Å²) in [4.78, 5) is 4.44. The van der Waals surface area contributed by atoms with Crippen LogP contribution < -0.4 is 5.32 Å². The molecule has 5 heteroatoms. The number of nitrogens with zero attached hydrogens (tertiary/aromatic N) is 3. The maximum Gasteiger partial charge on any atom is 0.110 e. The molecule has 21 heavy (non-hydrogen) atoms. The number of nitrogens with one attached hydrogen (secondary N) is 2. The first-order valence-corrected chi connectivity index (χ1v) is 7.01. The lowest BCUT2D eigenvalue weighted by Crippen LogP contribution is -2.08. The number of rotatable bonds is 4. The molecular formula is C16H19N5. The van der Waals surface area contributed by atoms with Crippen molar-refractivity contribution in [1.82, 2.24) is 19.7 Å². The Morgan fingerprint density at radius 3 is 2.57 bits per heavy atom. The number of para-hydroxylation sites is 1. The van der Waals surface area contributed by atoms with E-state index in [1.807, 2.05) is 45.2 Å². The Morgan fingerprint density at radius 2 is 1.90 bits per heavy atom. The van der Waals surface area contributed by atoms with Gasteiger partial charge in [0, 0.05) is 5.69 Å². The van der Waals surface area contributed by atoms with Gasteiger partial charge in [-0.3, -0.25) is 9.67 Å². The predicted octanol–water partition coefficient (Wildman–Crippen LogP) is 3.13. The summed E-state index contributed by atoms with van der Waals surface area (Å²) in [5.41, 5.74) is 5.35. The third kappa shape index (κ3) is 2.54. The molecule has 0 atom stereocenters. The second kappa shape index (κ2) is 5.44. The zero-order chi connectivity index (χ0) is 14.8. The van der Waals surface area contributed by atoms with Crippen LogP contribution in [-0.2, 0) is 6.54 Å². The summed E-state index contributed by atoms with van der Waals surface area (Å²) in [7, 11) is 0. The minimum absolute atomic E-state index is 0.705. The lowest BCUT2D eigenvalue weighted by molar-refractivity contribution is 0.899. The lowest BCUT2D eigenvalue weighted by Gasteiger charge is -2.12. The van der Waals surface area contributed by atoms with Gasteiger partial charge in [0.1, 0.15) is 5.82 Å². The molecule has 0 aliphatic heterocycles. The highest BCUT2D eigenvalue weighted by Gasteiger charge is 2.10. The van der Waals surface area contributed by atoms with E-state index < -0.39 is 0 Å². The van der Waals surface area contributed by atoms with E-state index in [9.17, 15) is 0 Å². The number of H-pyrrole nitrogens is 1. The summed E-state index contributed by atoms with van der Waals surface area (Å²) >= 11 is 0. The first kappa shape index (κ1) is 13.4. The van der Waals surface area contributed by atoms with Crippen LogP contribution in [0, 0.1) is 20.8 Å². The maximum absolute atomic E-state index is 4.44. The molecular weight excluding hydrogens is 262 g/mol. The van der Waals surface area contributed by atoms with E-state index in [1.54, 1.807) is 0 Å². The fourth-order valence-corrected chi connectivity index (χ4v) is 2.54. The van der Waals surface area contributed by atoms with Crippen molar-refractivity contribution in [2.45, 2.75) is 27.3 Å². The van der Waals surface area contributed by atoms with E-state index in [0.717, 1.165) is 34.3 Å². The lowest BCUT2D eigenvalue weighted by atomic mass is 10.3. The van der Waals surface area contributed by atoms with Crippen molar-refractivity contribution >= 4 is 5.69 Å². The molecule has 0 bridgehead atoms. The molecule has 108 valence electrons. The highest BCUT2D eigenvalue weighted by Crippen LogP contribution is 2.19. The van der Waals surface area contributed by atoms with E-state index in [1.165, 1.54) is 0 Å². The number of aromatic amines is 1. The highest BCUT2D eigenvalue weighted by atomic mass is 15.2. The first-order valence-electron chi connectivity index (χ1n) is 7.01. The van der Waals surface area contributed by atoms with E-state index in [4.69, 9.17) is 0 Å². The molecule has 3 rings (SSSR count). The summed E-state index contributed by atoms with van der Waals surface area (Å²) in [6.07, 6.45) is 1.92. The normalized spacial score (nSPS) is 10.8. The molecule has 0 fully saturated rings. The molecule has 0 saturated carbocycles. The van der Waals surface area contributed by atoms with Gasteiger partial charge in [-0.15, -0.1) is 0 Å².